The molecule has 5 nitrogen and oxygen atoms in total. The molecule has 2 saturated heterocycles. The van der Waals surface area contributed by atoms with Crippen molar-refractivity contribution in [2.45, 2.75) is 24.6 Å². The van der Waals surface area contributed by atoms with Crippen molar-refractivity contribution in [3.8, 4) is 0 Å². The van der Waals surface area contributed by atoms with Crippen molar-refractivity contribution in [3.05, 3.63) is 64.4 Å². The zero-order chi connectivity index (χ0) is 20.8. The number of aryl methyl sites for hydroxylation is 1. The smallest absolute Gasteiger partial charge is 0.252 e. The minimum absolute atomic E-state index is 0.0254. The quantitative estimate of drug-likeness (QED) is 0.711. The number of carbonyl (C=O) groups excluding carboxylic acids is 1. The highest BCUT2D eigenvalue weighted by Crippen LogP contribution is 2.41. The Morgan fingerprint density at radius 1 is 1.24 bits per heavy atom. The molecule has 2 fully saturated rings. The highest BCUT2D eigenvalue weighted by molar-refractivity contribution is 8.16. The van der Waals surface area contributed by atoms with Crippen molar-refractivity contribution < 1.29 is 17.6 Å². The summed E-state index contributed by atoms with van der Waals surface area (Å²) >= 11 is 7.14. The number of sulfone groups is 1. The third-order valence-electron chi connectivity index (χ3n) is 4.99. The largest absolute Gasteiger partial charge is 0.315 e. The van der Waals surface area contributed by atoms with Crippen LogP contribution in [0, 0.1) is 12.7 Å². The average molecular weight is 453 g/mol. The van der Waals surface area contributed by atoms with Gasteiger partial charge in [0, 0.05) is 16.0 Å². The van der Waals surface area contributed by atoms with Gasteiger partial charge in [-0.2, -0.15) is 4.99 Å². The van der Waals surface area contributed by atoms with Crippen LogP contribution in [-0.2, 0) is 21.1 Å². The number of amidine groups is 1. The summed E-state index contributed by atoms with van der Waals surface area (Å²) in [5.74, 6) is -0.749. The van der Waals surface area contributed by atoms with Crippen LogP contribution in [0.15, 0.2) is 47.5 Å². The van der Waals surface area contributed by atoms with Crippen molar-refractivity contribution in [1.29, 1.82) is 0 Å². The molecule has 2 aliphatic heterocycles. The van der Waals surface area contributed by atoms with E-state index >= 15 is 0 Å². The first kappa shape index (κ1) is 20.4. The van der Waals surface area contributed by atoms with Gasteiger partial charge >= 0.3 is 0 Å². The van der Waals surface area contributed by atoms with Crippen LogP contribution in [0.25, 0.3) is 0 Å². The Labute approximate surface area is 177 Å². The van der Waals surface area contributed by atoms with E-state index in [1.165, 1.54) is 17.8 Å². The van der Waals surface area contributed by atoms with Gasteiger partial charge in [-0.15, -0.1) is 0 Å². The minimum atomic E-state index is -3.18. The molecule has 2 heterocycles. The number of rotatable bonds is 3. The Balaban J connectivity index is 1.65. The molecule has 0 aromatic heterocycles. The van der Waals surface area contributed by atoms with Gasteiger partial charge in [-0.3, -0.25) is 4.79 Å². The molecule has 2 aliphatic rings. The number of carbonyl (C=O) groups is 1. The van der Waals surface area contributed by atoms with E-state index in [9.17, 15) is 17.6 Å². The van der Waals surface area contributed by atoms with Crippen molar-refractivity contribution in [1.82, 2.24) is 0 Å². The van der Waals surface area contributed by atoms with Gasteiger partial charge in [-0.1, -0.05) is 41.6 Å². The molecule has 2 aromatic carbocycles. The van der Waals surface area contributed by atoms with Gasteiger partial charge in [0.25, 0.3) is 5.91 Å². The average Bonchev–Trinajstić information content (AvgIpc) is 3.10. The van der Waals surface area contributed by atoms with Crippen molar-refractivity contribution in [3.63, 3.8) is 0 Å². The third-order valence-corrected chi connectivity index (χ3v) is 8.45. The van der Waals surface area contributed by atoms with Crippen molar-refractivity contribution in [2.24, 2.45) is 4.99 Å². The van der Waals surface area contributed by atoms with Crippen LogP contribution in [0.1, 0.15) is 11.1 Å². The maximum atomic E-state index is 14.2. The molecular formula is C20H18ClFN2O3S2. The normalized spacial score (nSPS) is 24.1. The first-order chi connectivity index (χ1) is 13.7. The van der Waals surface area contributed by atoms with E-state index < -0.39 is 9.84 Å². The topological polar surface area (TPSA) is 66.8 Å². The standard InChI is InChI=1S/C20H18ClFN2O3S2/c1-12-2-7-15(9-16(12)22)24-17-10-29(26,27)11-18(17)28-20(24)23-19(25)8-13-3-5-14(21)6-4-13/h2-7,9,17-18H,8,10-11H2,1H3/t17-,18+/m1/s1. The second kappa shape index (κ2) is 7.74. The first-order valence-corrected chi connectivity index (χ1v) is 12.1. The van der Waals surface area contributed by atoms with E-state index in [0.29, 0.717) is 21.4 Å². The van der Waals surface area contributed by atoms with Gasteiger partial charge in [0.2, 0.25) is 0 Å². The highest BCUT2D eigenvalue weighted by Gasteiger charge is 2.49. The van der Waals surface area contributed by atoms with Gasteiger partial charge < -0.3 is 4.90 Å². The lowest BCUT2D eigenvalue weighted by Crippen LogP contribution is -2.37. The number of nitrogens with zero attached hydrogens (tertiary/aromatic N) is 2. The fraction of sp³-hybridized carbons (Fsp3) is 0.300. The molecule has 2 atom stereocenters. The summed E-state index contributed by atoms with van der Waals surface area (Å²) < 4.78 is 38.4. The lowest BCUT2D eigenvalue weighted by molar-refractivity contribution is -0.117. The lowest BCUT2D eigenvalue weighted by Gasteiger charge is -2.24. The van der Waals surface area contributed by atoms with E-state index in [2.05, 4.69) is 4.99 Å². The van der Waals surface area contributed by atoms with E-state index in [4.69, 9.17) is 11.6 Å². The van der Waals surface area contributed by atoms with E-state index in [1.54, 1.807) is 48.2 Å². The summed E-state index contributed by atoms with van der Waals surface area (Å²) in [4.78, 5) is 18.5. The molecule has 1 amide bonds. The van der Waals surface area contributed by atoms with Gasteiger partial charge in [0.15, 0.2) is 15.0 Å². The summed E-state index contributed by atoms with van der Waals surface area (Å²) in [6, 6.07) is 11.3. The van der Waals surface area contributed by atoms with Crippen LogP contribution < -0.4 is 4.90 Å². The molecule has 0 aliphatic carbocycles. The first-order valence-electron chi connectivity index (χ1n) is 9.00. The molecule has 0 radical (unpaired) electrons. The van der Waals surface area contributed by atoms with Crippen LogP contribution in [0.2, 0.25) is 5.02 Å². The van der Waals surface area contributed by atoms with E-state index in [1.807, 2.05) is 0 Å². The van der Waals surface area contributed by atoms with E-state index in [0.717, 1.165) is 5.56 Å². The Morgan fingerprint density at radius 2 is 1.97 bits per heavy atom. The van der Waals surface area contributed by atoms with Crippen LogP contribution in [0.4, 0.5) is 10.1 Å². The number of amides is 1. The Morgan fingerprint density at radius 3 is 2.66 bits per heavy atom. The van der Waals surface area contributed by atoms with Gasteiger partial charge in [0.1, 0.15) is 5.82 Å². The van der Waals surface area contributed by atoms with Crippen LogP contribution in [0.5, 0.6) is 0 Å². The second-order valence-corrected chi connectivity index (χ2v) is 11.0. The zero-order valence-corrected chi connectivity index (χ0v) is 17.9. The van der Waals surface area contributed by atoms with Crippen LogP contribution in [-0.4, -0.2) is 42.3 Å². The SMILES string of the molecule is Cc1ccc(N2C(=NC(=O)Cc3ccc(Cl)cc3)S[C@H]3CS(=O)(=O)C[C@H]32)cc1F. The zero-order valence-electron chi connectivity index (χ0n) is 15.5. The number of thioether (sulfide) groups is 1. The third kappa shape index (κ3) is 4.34. The summed E-state index contributed by atoms with van der Waals surface area (Å²) in [7, 11) is -3.18. The maximum absolute atomic E-state index is 14.2. The van der Waals surface area contributed by atoms with Gasteiger partial charge in [-0.25, -0.2) is 12.8 Å². The van der Waals surface area contributed by atoms with Crippen LogP contribution in [0.3, 0.4) is 0 Å². The molecule has 4 rings (SSSR count). The molecule has 0 bridgehead atoms. The fourth-order valence-corrected chi connectivity index (χ4v) is 7.58. The number of aliphatic imine (C=N–C) groups is 1. The summed E-state index contributed by atoms with van der Waals surface area (Å²) in [6.07, 6.45) is 0.102. The Bertz CT molecular complexity index is 1100. The molecule has 0 N–H and O–H groups in total. The predicted octanol–water partition coefficient (Wildman–Crippen LogP) is 3.63. The molecule has 0 spiro atoms. The molecule has 9 heteroatoms. The molecule has 0 saturated carbocycles. The summed E-state index contributed by atoms with van der Waals surface area (Å²) in [5.41, 5.74) is 1.78. The van der Waals surface area contributed by atoms with Gasteiger partial charge in [0.05, 0.1) is 24.0 Å². The Hall–Kier alpha value is -1.90. The fourth-order valence-electron chi connectivity index (χ4n) is 3.52. The van der Waals surface area contributed by atoms with Crippen molar-refractivity contribution >= 4 is 50.0 Å². The van der Waals surface area contributed by atoms with Crippen LogP contribution >= 0.6 is 23.4 Å². The molecular weight excluding hydrogens is 435 g/mol. The number of halogens is 2. The Kier molecular flexibility index (Phi) is 5.44. The second-order valence-electron chi connectivity index (χ2n) is 7.20. The molecule has 152 valence electrons. The van der Waals surface area contributed by atoms with Gasteiger partial charge in [-0.05, 0) is 42.3 Å². The summed E-state index contributed by atoms with van der Waals surface area (Å²) in [6.45, 7) is 1.66. The minimum Gasteiger partial charge on any atom is -0.315 e. The number of hydrogen-bond donors (Lipinski definition) is 0. The van der Waals surface area contributed by atoms with E-state index in [-0.39, 0.29) is 40.9 Å². The molecule has 29 heavy (non-hydrogen) atoms. The monoisotopic (exact) mass is 452 g/mol. The number of hydrogen-bond acceptors (Lipinski definition) is 4. The maximum Gasteiger partial charge on any atom is 0.252 e. The number of anilines is 1. The number of fused-ring (bicyclic) bond motifs is 1. The highest BCUT2D eigenvalue weighted by atomic mass is 35.5. The molecule has 2 aromatic rings. The molecule has 0 unspecified atom stereocenters. The lowest BCUT2D eigenvalue weighted by atomic mass is 10.1. The summed E-state index contributed by atoms with van der Waals surface area (Å²) in [5, 5.41) is 0.768. The number of benzene rings is 2. The predicted molar refractivity (Wildman–Crippen MR) is 115 cm³/mol. The van der Waals surface area contributed by atoms with Crippen molar-refractivity contribution in [2.75, 3.05) is 16.4 Å².